The molecule has 0 saturated carbocycles. The van der Waals surface area contributed by atoms with Crippen LogP contribution in [-0.2, 0) is 16.4 Å². The molecular formula is C16H15N3O3S. The van der Waals surface area contributed by atoms with Crippen molar-refractivity contribution in [3.05, 3.63) is 60.2 Å². The summed E-state index contributed by atoms with van der Waals surface area (Å²) in [4.78, 5) is 4.03. The molecule has 7 heteroatoms. The fourth-order valence-corrected chi connectivity index (χ4v) is 2.51. The monoisotopic (exact) mass is 329 g/mol. The molecule has 0 aliphatic rings. The van der Waals surface area contributed by atoms with Gasteiger partial charge in [0, 0.05) is 6.26 Å². The quantitative estimate of drug-likeness (QED) is 0.777. The van der Waals surface area contributed by atoms with Gasteiger partial charge in [-0.25, -0.2) is 13.5 Å². The van der Waals surface area contributed by atoms with Crippen molar-refractivity contribution >= 4 is 9.84 Å². The van der Waals surface area contributed by atoms with Gasteiger partial charge in [0.2, 0.25) is 15.0 Å². The Bertz CT molecular complexity index is 905. The highest BCUT2D eigenvalue weighted by Crippen LogP contribution is 2.28. The van der Waals surface area contributed by atoms with Gasteiger partial charge in [0.15, 0.2) is 5.82 Å². The lowest BCUT2D eigenvalue weighted by atomic mass is 10.2. The van der Waals surface area contributed by atoms with E-state index < -0.39 is 9.84 Å². The summed E-state index contributed by atoms with van der Waals surface area (Å²) in [7, 11) is -3.43. The summed E-state index contributed by atoms with van der Waals surface area (Å²) in [6.45, 7) is 0.404. The predicted octanol–water partition coefficient (Wildman–Crippen LogP) is 2.45. The van der Waals surface area contributed by atoms with Gasteiger partial charge in [-0.3, -0.25) is 0 Å². The molecule has 0 unspecified atom stereocenters. The van der Waals surface area contributed by atoms with Crippen molar-refractivity contribution in [2.24, 2.45) is 0 Å². The van der Waals surface area contributed by atoms with Gasteiger partial charge in [-0.1, -0.05) is 42.5 Å². The van der Waals surface area contributed by atoms with Gasteiger partial charge in [0.25, 0.3) is 0 Å². The molecule has 0 aliphatic carbocycles. The van der Waals surface area contributed by atoms with Crippen molar-refractivity contribution in [2.45, 2.75) is 11.8 Å². The summed E-state index contributed by atoms with van der Waals surface area (Å²) in [5, 5.41) is 6.25. The highest BCUT2D eigenvalue weighted by Gasteiger charge is 2.16. The second kappa shape index (κ2) is 6.21. The fraction of sp³-hybridized carbons (Fsp3) is 0.125. The Morgan fingerprint density at radius 2 is 1.74 bits per heavy atom. The van der Waals surface area contributed by atoms with Crippen LogP contribution >= 0.6 is 0 Å². The van der Waals surface area contributed by atoms with Gasteiger partial charge in [0.1, 0.15) is 12.4 Å². The third kappa shape index (κ3) is 3.57. The van der Waals surface area contributed by atoms with Crippen molar-refractivity contribution in [1.29, 1.82) is 0 Å². The minimum Gasteiger partial charge on any atom is -0.488 e. The van der Waals surface area contributed by atoms with Gasteiger partial charge in [0.05, 0.1) is 5.56 Å². The van der Waals surface area contributed by atoms with E-state index in [4.69, 9.17) is 4.74 Å². The number of ether oxygens (including phenoxy) is 1. The summed E-state index contributed by atoms with van der Waals surface area (Å²) < 4.78 is 28.8. The number of H-pyrrole nitrogens is 1. The van der Waals surface area contributed by atoms with Crippen LogP contribution in [0, 0.1) is 0 Å². The van der Waals surface area contributed by atoms with E-state index in [1.807, 2.05) is 42.5 Å². The topological polar surface area (TPSA) is 84.9 Å². The molecular weight excluding hydrogens is 314 g/mol. The first-order valence-corrected chi connectivity index (χ1v) is 8.82. The van der Waals surface area contributed by atoms with Crippen LogP contribution in [0.25, 0.3) is 11.4 Å². The van der Waals surface area contributed by atoms with E-state index in [0.717, 1.165) is 11.8 Å². The molecule has 1 N–H and O–H groups in total. The lowest BCUT2D eigenvalue weighted by Crippen LogP contribution is -1.99. The van der Waals surface area contributed by atoms with E-state index in [2.05, 4.69) is 15.2 Å². The fourth-order valence-electron chi connectivity index (χ4n) is 2.05. The molecule has 0 amide bonds. The molecule has 0 bridgehead atoms. The molecule has 0 aliphatic heterocycles. The average Bonchev–Trinajstić information content (AvgIpc) is 3.04. The Morgan fingerprint density at radius 3 is 2.43 bits per heavy atom. The first-order valence-electron chi connectivity index (χ1n) is 6.92. The molecule has 0 spiro atoms. The Morgan fingerprint density at radius 1 is 1.04 bits per heavy atom. The highest BCUT2D eigenvalue weighted by atomic mass is 32.2. The van der Waals surface area contributed by atoms with Crippen molar-refractivity contribution in [3.8, 4) is 17.1 Å². The Labute approximate surface area is 134 Å². The number of nitrogens with zero attached hydrogens (tertiary/aromatic N) is 2. The molecule has 3 rings (SSSR count). The maximum absolute atomic E-state index is 11.5. The van der Waals surface area contributed by atoms with E-state index in [1.54, 1.807) is 12.1 Å². The number of sulfone groups is 1. The zero-order valence-corrected chi connectivity index (χ0v) is 13.2. The lowest BCUT2D eigenvalue weighted by Gasteiger charge is -2.09. The number of hydrogen-bond donors (Lipinski definition) is 1. The normalized spacial score (nSPS) is 11.3. The molecule has 0 fully saturated rings. The van der Waals surface area contributed by atoms with E-state index in [-0.39, 0.29) is 11.0 Å². The van der Waals surface area contributed by atoms with Crippen LogP contribution in [0.3, 0.4) is 0 Å². The number of benzene rings is 2. The van der Waals surface area contributed by atoms with Crippen LogP contribution < -0.4 is 4.74 Å². The van der Waals surface area contributed by atoms with Gasteiger partial charge in [-0.05, 0) is 17.7 Å². The lowest BCUT2D eigenvalue weighted by molar-refractivity contribution is 0.307. The van der Waals surface area contributed by atoms with Crippen molar-refractivity contribution in [3.63, 3.8) is 0 Å². The number of aromatic nitrogens is 3. The SMILES string of the molecule is CS(=O)(=O)c1nc(-c2ccccc2OCc2ccccc2)n[nH]1. The number of para-hydroxylation sites is 1. The van der Waals surface area contributed by atoms with Crippen LogP contribution in [-0.4, -0.2) is 29.9 Å². The van der Waals surface area contributed by atoms with Gasteiger partial charge in [-0.2, -0.15) is 10.1 Å². The molecule has 0 radical (unpaired) electrons. The van der Waals surface area contributed by atoms with Crippen LogP contribution in [0.15, 0.2) is 59.8 Å². The molecule has 6 nitrogen and oxygen atoms in total. The number of aromatic amines is 1. The van der Waals surface area contributed by atoms with Crippen molar-refractivity contribution in [1.82, 2.24) is 15.2 Å². The van der Waals surface area contributed by atoms with Crippen LogP contribution in [0.1, 0.15) is 5.56 Å². The van der Waals surface area contributed by atoms with Gasteiger partial charge in [-0.15, -0.1) is 0 Å². The van der Waals surface area contributed by atoms with E-state index in [9.17, 15) is 8.42 Å². The molecule has 0 atom stereocenters. The van der Waals surface area contributed by atoms with Crippen molar-refractivity contribution in [2.75, 3.05) is 6.26 Å². The molecule has 3 aromatic rings. The summed E-state index contributed by atoms with van der Waals surface area (Å²) in [5.41, 5.74) is 1.67. The molecule has 1 aromatic heterocycles. The van der Waals surface area contributed by atoms with Crippen LogP contribution in [0.2, 0.25) is 0 Å². The first kappa shape index (κ1) is 15.2. The summed E-state index contributed by atoms with van der Waals surface area (Å²) in [6.07, 6.45) is 1.08. The van der Waals surface area contributed by atoms with E-state index in [1.165, 1.54) is 0 Å². The third-order valence-electron chi connectivity index (χ3n) is 3.18. The molecule has 23 heavy (non-hydrogen) atoms. The molecule has 0 saturated heterocycles. The van der Waals surface area contributed by atoms with Gasteiger partial charge >= 0.3 is 0 Å². The van der Waals surface area contributed by atoms with Gasteiger partial charge < -0.3 is 4.74 Å². The highest BCUT2D eigenvalue weighted by molar-refractivity contribution is 7.90. The van der Waals surface area contributed by atoms with Crippen molar-refractivity contribution < 1.29 is 13.2 Å². The van der Waals surface area contributed by atoms with E-state index >= 15 is 0 Å². The maximum atomic E-state index is 11.5. The second-order valence-electron chi connectivity index (χ2n) is 5.01. The average molecular weight is 329 g/mol. The zero-order chi connectivity index (χ0) is 16.3. The standard InChI is InChI=1S/C16H15N3O3S/c1-23(20,21)16-17-15(18-19-16)13-9-5-6-10-14(13)22-11-12-7-3-2-4-8-12/h2-10H,11H2,1H3,(H,17,18,19). The molecule has 118 valence electrons. The molecule has 1 heterocycles. The number of rotatable bonds is 5. The summed E-state index contributed by atoms with van der Waals surface area (Å²) >= 11 is 0. The minimum absolute atomic E-state index is 0.162. The third-order valence-corrected chi connectivity index (χ3v) is 4.07. The summed E-state index contributed by atoms with van der Waals surface area (Å²) in [5.74, 6) is 0.879. The van der Waals surface area contributed by atoms with E-state index in [0.29, 0.717) is 17.9 Å². The zero-order valence-electron chi connectivity index (χ0n) is 12.4. The largest absolute Gasteiger partial charge is 0.488 e. The minimum atomic E-state index is -3.43. The van der Waals surface area contributed by atoms with Crippen LogP contribution in [0.5, 0.6) is 5.75 Å². The number of hydrogen-bond acceptors (Lipinski definition) is 5. The number of nitrogens with one attached hydrogen (secondary N) is 1. The van der Waals surface area contributed by atoms with Crippen LogP contribution in [0.4, 0.5) is 0 Å². The Kier molecular flexibility index (Phi) is 4.12. The molecule has 2 aromatic carbocycles. The first-order chi connectivity index (χ1) is 11.0. The Balaban J connectivity index is 1.87. The smallest absolute Gasteiger partial charge is 0.243 e. The summed E-state index contributed by atoms with van der Waals surface area (Å²) in [6, 6.07) is 17.0. The maximum Gasteiger partial charge on any atom is 0.243 e. The second-order valence-corrected chi connectivity index (χ2v) is 6.94. The predicted molar refractivity (Wildman–Crippen MR) is 85.7 cm³/mol. The Hall–Kier alpha value is -2.67.